The summed E-state index contributed by atoms with van der Waals surface area (Å²) >= 11 is 0. The second-order valence-corrected chi connectivity index (χ2v) is 1.95. The number of aliphatic imine (C=N–C) groups is 1. The third kappa shape index (κ3) is 4.13. The van der Waals surface area contributed by atoms with Crippen molar-refractivity contribution in [3.63, 3.8) is 0 Å². The van der Waals surface area contributed by atoms with Crippen LogP contribution < -0.4 is 0 Å². The Balaban J connectivity index is 4.50. The zero-order valence-corrected chi connectivity index (χ0v) is 6.53. The van der Waals surface area contributed by atoms with Crippen LogP contribution in [0.2, 0.25) is 0 Å². The Bertz CT molecular complexity index is 202. The third-order valence-corrected chi connectivity index (χ3v) is 0.893. The van der Waals surface area contributed by atoms with Crippen LogP contribution in [-0.2, 0) is 4.79 Å². The van der Waals surface area contributed by atoms with Gasteiger partial charge < -0.3 is 10.2 Å². The quantitative estimate of drug-likeness (QED) is 0.474. The Morgan fingerprint density at radius 1 is 1.55 bits per heavy atom. The molecule has 0 aliphatic carbocycles. The lowest BCUT2D eigenvalue weighted by molar-refractivity contribution is -0.129. The highest BCUT2D eigenvalue weighted by Gasteiger charge is 2.04. The first kappa shape index (κ1) is 9.68. The maximum atomic E-state index is 10.3. The van der Waals surface area contributed by atoms with Crippen LogP contribution in [-0.4, -0.2) is 28.4 Å². The average molecular weight is 157 g/mol. The highest BCUT2D eigenvalue weighted by atomic mass is 16.4. The van der Waals surface area contributed by atoms with Crippen LogP contribution in [0, 0.1) is 0 Å². The van der Waals surface area contributed by atoms with Gasteiger partial charge in [-0.3, -0.25) is 4.99 Å². The van der Waals surface area contributed by atoms with Crippen molar-refractivity contribution in [3.05, 3.63) is 11.8 Å². The highest BCUT2D eigenvalue weighted by Crippen LogP contribution is 1.89. The molecule has 2 N–H and O–H groups in total. The zero-order chi connectivity index (χ0) is 8.85. The minimum absolute atomic E-state index is 0.0559. The molecule has 0 aliphatic rings. The van der Waals surface area contributed by atoms with E-state index in [0.29, 0.717) is 6.54 Å². The van der Waals surface area contributed by atoms with E-state index in [-0.39, 0.29) is 11.5 Å². The van der Waals surface area contributed by atoms with Gasteiger partial charge in [0.05, 0.1) is 5.76 Å². The lowest BCUT2D eigenvalue weighted by Crippen LogP contribution is -2.10. The SMILES string of the molecule is CC/N=C(\C=C(/C)O)C(=O)O. The van der Waals surface area contributed by atoms with Crippen LogP contribution in [0.4, 0.5) is 0 Å². The first-order valence-corrected chi connectivity index (χ1v) is 3.23. The molecule has 0 fully saturated rings. The number of nitrogens with zero attached hydrogens (tertiary/aromatic N) is 1. The van der Waals surface area contributed by atoms with E-state index in [1.54, 1.807) is 6.92 Å². The first-order valence-electron chi connectivity index (χ1n) is 3.23. The van der Waals surface area contributed by atoms with Crippen molar-refractivity contribution in [2.45, 2.75) is 13.8 Å². The van der Waals surface area contributed by atoms with Crippen molar-refractivity contribution in [1.82, 2.24) is 0 Å². The van der Waals surface area contributed by atoms with Crippen molar-refractivity contribution in [3.8, 4) is 0 Å². The van der Waals surface area contributed by atoms with Gasteiger partial charge in [-0.1, -0.05) is 0 Å². The molecule has 0 aliphatic heterocycles. The molecule has 0 amide bonds. The number of aliphatic hydroxyl groups excluding tert-OH is 1. The van der Waals surface area contributed by atoms with E-state index in [0.717, 1.165) is 6.08 Å². The molecule has 0 rings (SSSR count). The Morgan fingerprint density at radius 2 is 2.09 bits per heavy atom. The van der Waals surface area contributed by atoms with Crippen LogP contribution in [0.1, 0.15) is 13.8 Å². The number of aliphatic carboxylic acids is 1. The van der Waals surface area contributed by atoms with Gasteiger partial charge in [-0.2, -0.15) is 0 Å². The van der Waals surface area contributed by atoms with E-state index in [1.165, 1.54) is 6.92 Å². The normalized spacial score (nSPS) is 13.3. The molecule has 62 valence electrons. The largest absolute Gasteiger partial charge is 0.513 e. The smallest absolute Gasteiger partial charge is 0.354 e. The highest BCUT2D eigenvalue weighted by molar-refractivity contribution is 6.40. The molecule has 0 atom stereocenters. The molecule has 11 heavy (non-hydrogen) atoms. The van der Waals surface area contributed by atoms with Gasteiger partial charge in [-0.25, -0.2) is 4.79 Å². The van der Waals surface area contributed by atoms with E-state index in [4.69, 9.17) is 10.2 Å². The fourth-order valence-electron chi connectivity index (χ4n) is 0.543. The summed E-state index contributed by atoms with van der Waals surface area (Å²) in [4.78, 5) is 14.0. The van der Waals surface area contributed by atoms with Crippen molar-refractivity contribution >= 4 is 11.7 Å². The molecular weight excluding hydrogens is 146 g/mol. The Hall–Kier alpha value is -1.32. The summed E-state index contributed by atoms with van der Waals surface area (Å²) in [6, 6.07) is 0. The lowest BCUT2D eigenvalue weighted by Gasteiger charge is -1.92. The predicted molar refractivity (Wildman–Crippen MR) is 42.0 cm³/mol. The molecule has 0 bridgehead atoms. The Morgan fingerprint density at radius 3 is 2.36 bits per heavy atom. The number of hydrogen-bond donors (Lipinski definition) is 2. The topological polar surface area (TPSA) is 69.9 Å². The van der Waals surface area contributed by atoms with Gasteiger partial charge in [-0.15, -0.1) is 0 Å². The maximum absolute atomic E-state index is 10.3. The molecule has 4 nitrogen and oxygen atoms in total. The lowest BCUT2D eigenvalue weighted by atomic mass is 10.3. The molecule has 0 aromatic carbocycles. The number of allylic oxidation sites excluding steroid dienone is 1. The molecule has 0 spiro atoms. The van der Waals surface area contributed by atoms with Crippen LogP contribution in [0.3, 0.4) is 0 Å². The van der Waals surface area contributed by atoms with E-state index in [2.05, 4.69) is 4.99 Å². The molecule has 4 heteroatoms. The molecule has 0 aromatic rings. The molecule has 0 saturated heterocycles. The number of aliphatic hydroxyl groups is 1. The molecule has 0 heterocycles. The van der Waals surface area contributed by atoms with Crippen LogP contribution in [0.15, 0.2) is 16.8 Å². The zero-order valence-electron chi connectivity index (χ0n) is 6.53. The van der Waals surface area contributed by atoms with Gasteiger partial charge in [-0.05, 0) is 13.8 Å². The molecule has 0 saturated carbocycles. The molecule has 0 radical (unpaired) electrons. The number of hydrogen-bond acceptors (Lipinski definition) is 3. The van der Waals surface area contributed by atoms with E-state index >= 15 is 0 Å². The summed E-state index contributed by atoms with van der Waals surface area (Å²) in [6.45, 7) is 3.52. The van der Waals surface area contributed by atoms with Crippen LogP contribution in [0.5, 0.6) is 0 Å². The van der Waals surface area contributed by atoms with E-state index < -0.39 is 5.97 Å². The van der Waals surface area contributed by atoms with Gasteiger partial charge in [0.1, 0.15) is 5.71 Å². The van der Waals surface area contributed by atoms with Gasteiger partial charge in [0.2, 0.25) is 0 Å². The number of rotatable bonds is 3. The average Bonchev–Trinajstić information content (AvgIpc) is 1.86. The molecule has 0 unspecified atom stereocenters. The van der Waals surface area contributed by atoms with Crippen molar-refractivity contribution in [2.75, 3.05) is 6.54 Å². The van der Waals surface area contributed by atoms with Crippen LogP contribution >= 0.6 is 0 Å². The minimum atomic E-state index is -1.12. The first-order chi connectivity index (χ1) is 5.07. The standard InChI is InChI=1S/C7H11NO3/c1-3-8-6(7(10)11)4-5(2)9/h4,9H,3H2,1-2H3,(H,10,11)/b5-4+,8-6+. The fraction of sp³-hybridized carbons (Fsp3) is 0.429. The van der Waals surface area contributed by atoms with Gasteiger partial charge in [0, 0.05) is 12.6 Å². The number of carboxylic acids is 1. The molecular formula is C7H11NO3. The summed E-state index contributed by atoms with van der Waals surface area (Å²) in [5.74, 6) is -1.18. The summed E-state index contributed by atoms with van der Waals surface area (Å²) in [5, 5.41) is 17.2. The van der Waals surface area contributed by atoms with Crippen molar-refractivity contribution in [2.24, 2.45) is 4.99 Å². The van der Waals surface area contributed by atoms with E-state index in [1.807, 2.05) is 0 Å². The summed E-state index contributed by atoms with van der Waals surface area (Å²) < 4.78 is 0. The van der Waals surface area contributed by atoms with E-state index in [9.17, 15) is 4.79 Å². The molecule has 0 aromatic heterocycles. The fourth-order valence-corrected chi connectivity index (χ4v) is 0.543. The Labute approximate surface area is 64.9 Å². The van der Waals surface area contributed by atoms with Crippen LogP contribution in [0.25, 0.3) is 0 Å². The summed E-state index contributed by atoms with van der Waals surface area (Å²) in [7, 11) is 0. The van der Waals surface area contributed by atoms with Gasteiger partial charge in [0.15, 0.2) is 0 Å². The Kier molecular flexibility index (Phi) is 3.95. The maximum Gasteiger partial charge on any atom is 0.354 e. The second kappa shape index (κ2) is 4.49. The van der Waals surface area contributed by atoms with Crippen molar-refractivity contribution < 1.29 is 15.0 Å². The summed E-state index contributed by atoms with van der Waals surface area (Å²) in [5.41, 5.74) is -0.118. The minimum Gasteiger partial charge on any atom is -0.513 e. The second-order valence-electron chi connectivity index (χ2n) is 1.95. The van der Waals surface area contributed by atoms with Gasteiger partial charge in [0.25, 0.3) is 0 Å². The van der Waals surface area contributed by atoms with Crippen molar-refractivity contribution in [1.29, 1.82) is 0 Å². The number of carbonyl (C=O) groups is 1. The monoisotopic (exact) mass is 157 g/mol. The van der Waals surface area contributed by atoms with Gasteiger partial charge >= 0.3 is 5.97 Å². The predicted octanol–water partition coefficient (Wildman–Crippen LogP) is 0.994. The summed E-state index contributed by atoms with van der Waals surface area (Å²) in [6.07, 6.45) is 1.12. The number of carboxylic acid groups (broad SMARTS) is 1. The third-order valence-electron chi connectivity index (χ3n) is 0.893.